The minimum atomic E-state index is -0.152. The van der Waals surface area contributed by atoms with Gasteiger partial charge < -0.3 is 14.6 Å². The maximum absolute atomic E-state index is 13.1. The van der Waals surface area contributed by atoms with Gasteiger partial charge in [0.1, 0.15) is 0 Å². The Labute approximate surface area is 168 Å². The number of hydrogen-bond acceptors (Lipinski definition) is 4. The number of carbonyl (C=O) groups excluding carboxylic acids is 1. The lowest BCUT2D eigenvalue weighted by Gasteiger charge is -2.23. The first-order chi connectivity index (χ1) is 13.5. The number of amides is 1. The number of nitrogens with one attached hydrogen (secondary N) is 1. The van der Waals surface area contributed by atoms with Crippen LogP contribution in [0.3, 0.4) is 0 Å². The first kappa shape index (κ1) is 20.0. The van der Waals surface area contributed by atoms with E-state index < -0.39 is 0 Å². The molecular formula is C21H23N3O3S. The highest BCUT2D eigenvalue weighted by Gasteiger charge is 2.17. The fraction of sp³-hybridized carbons (Fsp3) is 0.286. The first-order valence-corrected chi connectivity index (χ1v) is 9.55. The summed E-state index contributed by atoms with van der Waals surface area (Å²) in [5.74, 6) is -0.123. The van der Waals surface area contributed by atoms with Crippen molar-refractivity contribution in [2.45, 2.75) is 20.0 Å². The molecule has 3 aromatic rings. The molecule has 0 unspecified atom stereocenters. The number of rotatable bonds is 7. The van der Waals surface area contributed by atoms with Crippen molar-refractivity contribution in [3.63, 3.8) is 0 Å². The fourth-order valence-electron chi connectivity index (χ4n) is 3.11. The van der Waals surface area contributed by atoms with Gasteiger partial charge in [-0.1, -0.05) is 30.3 Å². The van der Waals surface area contributed by atoms with Crippen LogP contribution in [0.4, 0.5) is 0 Å². The topological polar surface area (TPSA) is 67.3 Å². The van der Waals surface area contributed by atoms with E-state index in [1.165, 1.54) is 4.57 Å². The van der Waals surface area contributed by atoms with Crippen LogP contribution in [0.25, 0.3) is 10.9 Å². The van der Waals surface area contributed by atoms with E-state index in [4.69, 9.17) is 17.0 Å². The minimum Gasteiger partial charge on any atom is -0.383 e. The van der Waals surface area contributed by atoms with Gasteiger partial charge in [0.05, 0.1) is 17.5 Å². The average Bonchev–Trinajstić information content (AvgIpc) is 2.71. The van der Waals surface area contributed by atoms with Gasteiger partial charge in [-0.15, -0.1) is 0 Å². The lowest BCUT2D eigenvalue weighted by molar-refractivity contribution is 0.0680. The summed E-state index contributed by atoms with van der Waals surface area (Å²) in [5.41, 5.74) is 1.95. The molecule has 7 heteroatoms. The molecule has 0 aliphatic carbocycles. The van der Waals surface area contributed by atoms with E-state index in [1.54, 1.807) is 30.2 Å². The van der Waals surface area contributed by atoms with Gasteiger partial charge in [0.25, 0.3) is 11.5 Å². The molecule has 0 spiro atoms. The van der Waals surface area contributed by atoms with Crippen molar-refractivity contribution in [1.82, 2.24) is 14.5 Å². The van der Waals surface area contributed by atoms with E-state index in [2.05, 4.69) is 4.98 Å². The third-order valence-corrected chi connectivity index (χ3v) is 4.94. The number of carbonyl (C=O) groups is 1. The van der Waals surface area contributed by atoms with Crippen LogP contribution in [0, 0.1) is 4.77 Å². The van der Waals surface area contributed by atoms with Crippen molar-refractivity contribution in [3.8, 4) is 0 Å². The summed E-state index contributed by atoms with van der Waals surface area (Å²) in [6.45, 7) is 3.75. The minimum absolute atomic E-state index is 0.123. The molecule has 0 fully saturated rings. The quantitative estimate of drug-likeness (QED) is 0.621. The van der Waals surface area contributed by atoms with Crippen LogP contribution in [-0.4, -0.2) is 40.6 Å². The molecule has 1 heterocycles. The van der Waals surface area contributed by atoms with E-state index >= 15 is 0 Å². The van der Waals surface area contributed by atoms with Crippen LogP contribution in [0.1, 0.15) is 22.8 Å². The Morgan fingerprint density at radius 3 is 2.64 bits per heavy atom. The van der Waals surface area contributed by atoms with Crippen molar-refractivity contribution >= 4 is 29.0 Å². The van der Waals surface area contributed by atoms with Gasteiger partial charge in [0.2, 0.25) is 0 Å². The molecule has 1 aromatic heterocycles. The van der Waals surface area contributed by atoms with E-state index in [9.17, 15) is 9.59 Å². The SMILES string of the molecule is CCn1c(=S)[nH]c2cc(C(=O)N(CCOC)Cc3ccccc3)ccc2c1=O. The molecule has 28 heavy (non-hydrogen) atoms. The van der Waals surface area contributed by atoms with Crippen LogP contribution in [0.2, 0.25) is 0 Å². The summed E-state index contributed by atoms with van der Waals surface area (Å²) in [6, 6.07) is 14.9. The monoisotopic (exact) mass is 397 g/mol. The number of ether oxygens (including phenoxy) is 1. The molecule has 0 radical (unpaired) electrons. The standard InChI is InChI=1S/C21H23N3O3S/c1-3-24-20(26)17-10-9-16(13-18(17)22-21(24)28)19(25)23(11-12-27-2)14-15-7-5-4-6-8-15/h4-10,13H,3,11-12,14H2,1-2H3,(H,22,28). The van der Waals surface area contributed by atoms with Gasteiger partial charge in [-0.3, -0.25) is 14.2 Å². The van der Waals surface area contributed by atoms with Gasteiger partial charge in [-0.25, -0.2) is 0 Å². The molecule has 6 nitrogen and oxygen atoms in total. The first-order valence-electron chi connectivity index (χ1n) is 9.14. The summed E-state index contributed by atoms with van der Waals surface area (Å²) >= 11 is 5.27. The van der Waals surface area contributed by atoms with Crippen LogP contribution in [-0.2, 0) is 17.8 Å². The molecule has 2 aromatic carbocycles. The van der Waals surface area contributed by atoms with Crippen LogP contribution in [0.15, 0.2) is 53.3 Å². The zero-order chi connectivity index (χ0) is 20.1. The predicted octanol–water partition coefficient (Wildman–Crippen LogP) is 3.37. The highest BCUT2D eigenvalue weighted by molar-refractivity contribution is 7.71. The maximum Gasteiger partial charge on any atom is 0.262 e. The number of fused-ring (bicyclic) bond motifs is 1. The molecule has 146 valence electrons. The molecule has 0 saturated heterocycles. The summed E-state index contributed by atoms with van der Waals surface area (Å²) < 4.78 is 7.02. The molecule has 3 rings (SSSR count). The Balaban J connectivity index is 1.97. The van der Waals surface area contributed by atoms with E-state index in [0.29, 0.717) is 47.5 Å². The molecule has 1 N–H and O–H groups in total. The van der Waals surface area contributed by atoms with Gasteiger partial charge >= 0.3 is 0 Å². The maximum atomic E-state index is 13.1. The van der Waals surface area contributed by atoms with Crippen molar-refractivity contribution < 1.29 is 9.53 Å². The second-order valence-corrected chi connectivity index (χ2v) is 6.83. The molecular weight excluding hydrogens is 374 g/mol. The molecule has 0 aliphatic rings. The number of aromatic amines is 1. The normalized spacial score (nSPS) is 10.9. The summed E-state index contributed by atoms with van der Waals surface area (Å²) in [6.07, 6.45) is 0. The summed E-state index contributed by atoms with van der Waals surface area (Å²) in [5, 5.41) is 0.513. The molecule has 0 aliphatic heterocycles. The molecule has 0 saturated carbocycles. The van der Waals surface area contributed by atoms with Crippen LogP contribution < -0.4 is 5.56 Å². The second-order valence-electron chi connectivity index (χ2n) is 6.45. The molecule has 0 atom stereocenters. The fourth-order valence-corrected chi connectivity index (χ4v) is 3.44. The Morgan fingerprint density at radius 1 is 1.21 bits per heavy atom. The lowest BCUT2D eigenvalue weighted by atomic mass is 10.1. The number of H-pyrrole nitrogens is 1. The van der Waals surface area contributed by atoms with Crippen molar-refractivity contribution in [2.75, 3.05) is 20.3 Å². The molecule has 0 bridgehead atoms. The van der Waals surface area contributed by atoms with Gasteiger partial charge in [0, 0.05) is 32.3 Å². The Kier molecular flexibility index (Phi) is 6.38. The number of methoxy groups -OCH3 is 1. The number of benzene rings is 2. The smallest absolute Gasteiger partial charge is 0.262 e. The van der Waals surface area contributed by atoms with Gasteiger partial charge in [-0.2, -0.15) is 0 Å². The third-order valence-electron chi connectivity index (χ3n) is 4.61. The third kappa shape index (κ3) is 4.21. The van der Waals surface area contributed by atoms with Gasteiger partial charge in [0.15, 0.2) is 4.77 Å². The van der Waals surface area contributed by atoms with Crippen molar-refractivity contribution in [3.05, 3.63) is 74.8 Å². The van der Waals surface area contributed by atoms with Crippen molar-refractivity contribution in [2.24, 2.45) is 0 Å². The summed E-state index contributed by atoms with van der Waals surface area (Å²) in [4.78, 5) is 30.5. The number of hydrogen-bond donors (Lipinski definition) is 1. The zero-order valence-corrected chi connectivity index (χ0v) is 16.8. The second kappa shape index (κ2) is 8.95. The Morgan fingerprint density at radius 2 is 1.96 bits per heavy atom. The number of nitrogens with zero attached hydrogens (tertiary/aromatic N) is 2. The molecule has 1 amide bonds. The lowest BCUT2D eigenvalue weighted by Crippen LogP contribution is -2.33. The van der Waals surface area contributed by atoms with Crippen LogP contribution in [0.5, 0.6) is 0 Å². The van der Waals surface area contributed by atoms with E-state index in [0.717, 1.165) is 5.56 Å². The highest BCUT2D eigenvalue weighted by Crippen LogP contribution is 2.15. The summed E-state index contributed by atoms with van der Waals surface area (Å²) in [7, 11) is 1.61. The number of aromatic nitrogens is 2. The average molecular weight is 398 g/mol. The zero-order valence-electron chi connectivity index (χ0n) is 16.0. The Hall–Kier alpha value is -2.77. The Bertz CT molecular complexity index is 1090. The van der Waals surface area contributed by atoms with Crippen LogP contribution >= 0.6 is 12.2 Å². The predicted molar refractivity (Wildman–Crippen MR) is 112 cm³/mol. The largest absolute Gasteiger partial charge is 0.383 e. The van der Waals surface area contributed by atoms with Crippen molar-refractivity contribution in [1.29, 1.82) is 0 Å². The van der Waals surface area contributed by atoms with Gasteiger partial charge in [-0.05, 0) is 42.9 Å². The van der Waals surface area contributed by atoms with E-state index in [1.807, 2.05) is 37.3 Å². The highest BCUT2D eigenvalue weighted by atomic mass is 32.1. The van der Waals surface area contributed by atoms with E-state index in [-0.39, 0.29) is 11.5 Å².